The second-order valence-corrected chi connectivity index (χ2v) is 14.3. The maximum Gasteiger partial charge on any atom is 0.472 e. The van der Waals surface area contributed by atoms with Gasteiger partial charge in [-0.2, -0.15) is 0 Å². The van der Waals surface area contributed by atoms with Crippen molar-refractivity contribution in [2.75, 3.05) is 26.4 Å². The molecular weight excluding hydrogens is 629 g/mol. The molecule has 0 amide bonds. The summed E-state index contributed by atoms with van der Waals surface area (Å²) in [6.07, 6.45) is 34.9. The van der Waals surface area contributed by atoms with E-state index in [1.807, 2.05) is 0 Å². The molecule has 3 N–H and O–H groups in total. The van der Waals surface area contributed by atoms with Crippen LogP contribution in [0.5, 0.6) is 0 Å². The van der Waals surface area contributed by atoms with Crippen molar-refractivity contribution in [2.45, 2.75) is 180 Å². The molecule has 282 valence electrons. The van der Waals surface area contributed by atoms with Crippen LogP contribution in [-0.2, 0) is 32.7 Å². The van der Waals surface area contributed by atoms with Crippen LogP contribution in [0.15, 0.2) is 24.3 Å². The predicted molar refractivity (Wildman–Crippen MR) is 197 cm³/mol. The average Bonchev–Trinajstić information content (AvgIpc) is 3.07. The lowest BCUT2D eigenvalue weighted by molar-refractivity contribution is -0.161. The van der Waals surface area contributed by atoms with Crippen molar-refractivity contribution >= 4 is 19.8 Å². The van der Waals surface area contributed by atoms with Crippen molar-refractivity contribution in [1.29, 1.82) is 0 Å². The fraction of sp³-hybridized carbons (Fsp3) is 0.842. The van der Waals surface area contributed by atoms with E-state index >= 15 is 0 Å². The van der Waals surface area contributed by atoms with Crippen molar-refractivity contribution in [1.82, 2.24) is 0 Å². The van der Waals surface area contributed by atoms with E-state index in [2.05, 4.69) is 38.2 Å². The number of phosphoric acid groups is 1. The number of hydrogen-bond acceptors (Lipinski definition) is 8. The molecule has 0 saturated heterocycles. The van der Waals surface area contributed by atoms with Gasteiger partial charge < -0.3 is 20.1 Å². The molecule has 0 fully saturated rings. The standard InChI is InChI=1S/C38H72NO8P/c1-3-5-7-9-11-13-15-17-19-20-22-24-26-28-30-37(40)44-34-36(35-46-48(42,43)45-33-32-39)47-38(41)31-29-27-25-23-21-18-16-14-12-10-8-6-4-2/h8,10,14,16,36H,3-7,9,11-13,15,17-35,39H2,1-2H3,(H,42,43)/b10-8+,16-14+/t36-/m1/s1. The van der Waals surface area contributed by atoms with Gasteiger partial charge in [0.25, 0.3) is 0 Å². The lowest BCUT2D eigenvalue weighted by atomic mass is 10.0. The van der Waals surface area contributed by atoms with Gasteiger partial charge in [-0.25, -0.2) is 4.57 Å². The highest BCUT2D eigenvalue weighted by molar-refractivity contribution is 7.47. The van der Waals surface area contributed by atoms with Gasteiger partial charge in [-0.15, -0.1) is 0 Å². The minimum Gasteiger partial charge on any atom is -0.462 e. The number of hydrogen-bond donors (Lipinski definition) is 2. The van der Waals surface area contributed by atoms with Gasteiger partial charge in [0.2, 0.25) is 0 Å². The Morgan fingerprint density at radius 2 is 1.12 bits per heavy atom. The topological polar surface area (TPSA) is 134 Å². The van der Waals surface area contributed by atoms with Crippen molar-refractivity contribution < 1.29 is 37.6 Å². The maximum atomic E-state index is 12.5. The van der Waals surface area contributed by atoms with Crippen LogP contribution in [0.25, 0.3) is 0 Å². The highest BCUT2D eigenvalue weighted by atomic mass is 31.2. The number of carbonyl (C=O) groups is 2. The van der Waals surface area contributed by atoms with E-state index in [9.17, 15) is 19.0 Å². The fourth-order valence-corrected chi connectivity index (χ4v) is 5.97. The van der Waals surface area contributed by atoms with Crippen LogP contribution >= 0.6 is 7.82 Å². The Morgan fingerprint density at radius 3 is 1.67 bits per heavy atom. The molecule has 0 radical (unpaired) electrons. The summed E-state index contributed by atoms with van der Waals surface area (Å²) in [5.74, 6) is -0.842. The molecule has 10 heteroatoms. The highest BCUT2D eigenvalue weighted by Crippen LogP contribution is 2.43. The zero-order chi connectivity index (χ0) is 35.4. The van der Waals surface area contributed by atoms with Gasteiger partial charge >= 0.3 is 19.8 Å². The van der Waals surface area contributed by atoms with Gasteiger partial charge in [0.05, 0.1) is 13.2 Å². The highest BCUT2D eigenvalue weighted by Gasteiger charge is 2.25. The van der Waals surface area contributed by atoms with E-state index in [1.165, 1.54) is 77.0 Å². The van der Waals surface area contributed by atoms with E-state index in [4.69, 9.17) is 24.3 Å². The van der Waals surface area contributed by atoms with Crippen LogP contribution in [-0.4, -0.2) is 49.3 Å². The summed E-state index contributed by atoms with van der Waals surface area (Å²) in [7, 11) is -4.37. The minimum absolute atomic E-state index is 0.0522. The molecular formula is C38H72NO8P. The number of nitrogens with two attached hydrogens (primary N) is 1. The molecule has 2 atom stereocenters. The van der Waals surface area contributed by atoms with E-state index in [-0.39, 0.29) is 38.6 Å². The van der Waals surface area contributed by atoms with Gasteiger partial charge in [-0.05, 0) is 38.5 Å². The summed E-state index contributed by atoms with van der Waals surface area (Å²) in [6, 6.07) is 0. The van der Waals surface area contributed by atoms with Crippen LogP contribution in [0.4, 0.5) is 0 Å². The van der Waals surface area contributed by atoms with Crippen LogP contribution in [0.3, 0.4) is 0 Å². The lowest BCUT2D eigenvalue weighted by Gasteiger charge is -2.19. The maximum absolute atomic E-state index is 12.5. The molecule has 48 heavy (non-hydrogen) atoms. The Balaban J connectivity index is 4.22. The van der Waals surface area contributed by atoms with E-state index < -0.39 is 26.5 Å². The third-order valence-corrected chi connectivity index (χ3v) is 9.06. The zero-order valence-electron chi connectivity index (χ0n) is 30.7. The summed E-state index contributed by atoms with van der Waals surface area (Å²) < 4.78 is 32.6. The molecule has 0 spiro atoms. The number of allylic oxidation sites excluding steroid dienone is 4. The Morgan fingerprint density at radius 1 is 0.625 bits per heavy atom. The monoisotopic (exact) mass is 701 g/mol. The Kier molecular flexibility index (Phi) is 34.2. The predicted octanol–water partition coefficient (Wildman–Crippen LogP) is 10.4. The first-order valence-corrected chi connectivity index (χ1v) is 20.8. The van der Waals surface area contributed by atoms with Gasteiger partial charge in [0, 0.05) is 19.4 Å². The molecule has 0 aliphatic heterocycles. The number of unbranched alkanes of at least 4 members (excludes halogenated alkanes) is 19. The van der Waals surface area contributed by atoms with Gasteiger partial charge in [0.15, 0.2) is 6.10 Å². The SMILES string of the molecule is CCC/C=C/C/C=C/CCCCCCCC(=O)O[C@H](COC(=O)CCCCCCCCCCCCCCCC)COP(=O)(O)OCCN. The Hall–Kier alpha value is -1.51. The third kappa shape index (κ3) is 34.4. The number of phosphoric ester groups is 1. The summed E-state index contributed by atoms with van der Waals surface area (Å²) in [5, 5.41) is 0. The summed E-state index contributed by atoms with van der Waals surface area (Å²) in [5.41, 5.74) is 5.33. The Bertz CT molecular complexity index is 851. The first-order valence-electron chi connectivity index (χ1n) is 19.3. The second-order valence-electron chi connectivity index (χ2n) is 12.8. The van der Waals surface area contributed by atoms with Crippen molar-refractivity contribution in [3.63, 3.8) is 0 Å². The minimum atomic E-state index is -4.37. The van der Waals surface area contributed by atoms with E-state index in [0.29, 0.717) is 6.42 Å². The smallest absolute Gasteiger partial charge is 0.462 e. The van der Waals surface area contributed by atoms with Gasteiger partial charge in [-0.3, -0.25) is 18.6 Å². The second kappa shape index (κ2) is 35.3. The number of ether oxygens (including phenoxy) is 2. The molecule has 9 nitrogen and oxygen atoms in total. The van der Waals surface area contributed by atoms with Crippen molar-refractivity contribution in [2.24, 2.45) is 5.73 Å². The van der Waals surface area contributed by atoms with Crippen molar-refractivity contribution in [3.05, 3.63) is 24.3 Å². The number of esters is 2. The number of carbonyl (C=O) groups excluding carboxylic acids is 2. The molecule has 0 aliphatic rings. The summed E-state index contributed by atoms with van der Waals surface area (Å²) in [6.45, 7) is 3.65. The molecule has 0 saturated carbocycles. The average molecular weight is 702 g/mol. The van der Waals surface area contributed by atoms with Crippen LogP contribution < -0.4 is 5.73 Å². The first-order chi connectivity index (χ1) is 23.3. The first kappa shape index (κ1) is 46.5. The largest absolute Gasteiger partial charge is 0.472 e. The summed E-state index contributed by atoms with van der Waals surface area (Å²) in [4.78, 5) is 34.7. The molecule has 1 unspecified atom stereocenters. The quantitative estimate of drug-likeness (QED) is 0.0283. The lowest BCUT2D eigenvalue weighted by Crippen LogP contribution is -2.29. The van der Waals surface area contributed by atoms with E-state index in [0.717, 1.165) is 64.2 Å². The third-order valence-electron chi connectivity index (χ3n) is 8.07. The van der Waals surface area contributed by atoms with Crippen LogP contribution in [0, 0.1) is 0 Å². The zero-order valence-corrected chi connectivity index (χ0v) is 31.6. The van der Waals surface area contributed by atoms with Crippen LogP contribution in [0.2, 0.25) is 0 Å². The van der Waals surface area contributed by atoms with Crippen LogP contribution in [0.1, 0.15) is 174 Å². The normalized spacial score (nSPS) is 13.7. The Labute approximate surface area is 293 Å². The fourth-order valence-electron chi connectivity index (χ4n) is 5.20. The summed E-state index contributed by atoms with van der Waals surface area (Å²) >= 11 is 0. The molecule has 0 bridgehead atoms. The van der Waals surface area contributed by atoms with E-state index in [1.54, 1.807) is 0 Å². The molecule has 0 aromatic carbocycles. The molecule has 0 aliphatic carbocycles. The number of rotatable bonds is 36. The van der Waals surface area contributed by atoms with Crippen molar-refractivity contribution in [3.8, 4) is 0 Å². The molecule has 0 aromatic rings. The van der Waals surface area contributed by atoms with Gasteiger partial charge in [0.1, 0.15) is 6.61 Å². The molecule has 0 aromatic heterocycles. The van der Waals surface area contributed by atoms with Gasteiger partial charge in [-0.1, -0.05) is 147 Å². The molecule has 0 rings (SSSR count). The molecule has 0 heterocycles.